The standard InChI is InChI=1S/C15H27NO2/c1-2-18-12-13-9-10-16(11-13)15(17)14-7-5-3-4-6-8-14/h13-14H,2-12H2,1H3/t13-/m0/s1. The van der Waals surface area contributed by atoms with Crippen molar-refractivity contribution in [2.45, 2.75) is 51.9 Å². The van der Waals surface area contributed by atoms with Crippen LogP contribution in [0.2, 0.25) is 0 Å². The molecule has 2 rings (SSSR count). The van der Waals surface area contributed by atoms with E-state index in [1.165, 1.54) is 25.7 Å². The van der Waals surface area contributed by atoms with E-state index in [1.54, 1.807) is 0 Å². The van der Waals surface area contributed by atoms with E-state index >= 15 is 0 Å². The van der Waals surface area contributed by atoms with Gasteiger partial charge in [-0.1, -0.05) is 25.7 Å². The van der Waals surface area contributed by atoms with Crippen LogP contribution in [0.1, 0.15) is 51.9 Å². The van der Waals surface area contributed by atoms with Crippen molar-refractivity contribution in [1.29, 1.82) is 0 Å². The van der Waals surface area contributed by atoms with E-state index in [1.807, 2.05) is 6.92 Å². The number of amides is 1. The number of likely N-dealkylation sites (tertiary alicyclic amines) is 1. The molecule has 1 amide bonds. The Labute approximate surface area is 111 Å². The zero-order valence-corrected chi connectivity index (χ0v) is 11.7. The van der Waals surface area contributed by atoms with Gasteiger partial charge in [0.1, 0.15) is 0 Å². The fourth-order valence-corrected chi connectivity index (χ4v) is 3.24. The fraction of sp³-hybridized carbons (Fsp3) is 0.933. The van der Waals surface area contributed by atoms with Gasteiger partial charge in [0.25, 0.3) is 0 Å². The number of hydrogen-bond donors (Lipinski definition) is 0. The monoisotopic (exact) mass is 253 g/mol. The van der Waals surface area contributed by atoms with Gasteiger partial charge in [-0.05, 0) is 26.2 Å². The second-order valence-electron chi connectivity index (χ2n) is 5.79. The van der Waals surface area contributed by atoms with Crippen LogP contribution in [0.4, 0.5) is 0 Å². The Kier molecular flexibility index (Phi) is 5.48. The van der Waals surface area contributed by atoms with E-state index in [0.717, 1.165) is 45.6 Å². The molecule has 0 radical (unpaired) electrons. The summed E-state index contributed by atoms with van der Waals surface area (Å²) < 4.78 is 5.47. The topological polar surface area (TPSA) is 29.5 Å². The van der Waals surface area contributed by atoms with Crippen LogP contribution in [-0.4, -0.2) is 37.1 Å². The van der Waals surface area contributed by atoms with Crippen molar-refractivity contribution in [2.24, 2.45) is 11.8 Å². The molecule has 0 aromatic rings. The van der Waals surface area contributed by atoms with Crippen molar-refractivity contribution in [1.82, 2.24) is 4.90 Å². The molecule has 2 aliphatic rings. The Morgan fingerprint density at radius 3 is 2.56 bits per heavy atom. The Morgan fingerprint density at radius 1 is 1.17 bits per heavy atom. The molecular formula is C15H27NO2. The summed E-state index contributed by atoms with van der Waals surface area (Å²) in [6.07, 6.45) is 8.47. The van der Waals surface area contributed by atoms with Crippen molar-refractivity contribution in [3.8, 4) is 0 Å². The third-order valence-corrected chi connectivity index (χ3v) is 4.36. The van der Waals surface area contributed by atoms with Crippen LogP contribution in [0.25, 0.3) is 0 Å². The van der Waals surface area contributed by atoms with Gasteiger partial charge in [0.05, 0.1) is 6.61 Å². The Hall–Kier alpha value is -0.570. The van der Waals surface area contributed by atoms with E-state index in [2.05, 4.69) is 4.90 Å². The molecule has 1 heterocycles. The lowest BCUT2D eigenvalue weighted by atomic mass is 9.99. The minimum atomic E-state index is 0.318. The molecular weight excluding hydrogens is 226 g/mol. The number of carbonyl (C=O) groups is 1. The van der Waals surface area contributed by atoms with Gasteiger partial charge in [0, 0.05) is 31.5 Å². The van der Waals surface area contributed by atoms with E-state index in [9.17, 15) is 4.79 Å². The third-order valence-electron chi connectivity index (χ3n) is 4.36. The molecule has 3 heteroatoms. The fourth-order valence-electron chi connectivity index (χ4n) is 3.24. The Balaban J connectivity index is 1.78. The lowest BCUT2D eigenvalue weighted by Crippen LogP contribution is -2.34. The zero-order valence-electron chi connectivity index (χ0n) is 11.7. The van der Waals surface area contributed by atoms with Crippen molar-refractivity contribution in [2.75, 3.05) is 26.3 Å². The summed E-state index contributed by atoms with van der Waals surface area (Å²) in [6.45, 7) is 5.52. The number of carbonyl (C=O) groups excluding carboxylic acids is 1. The summed E-state index contributed by atoms with van der Waals surface area (Å²) in [4.78, 5) is 14.6. The third kappa shape index (κ3) is 3.71. The highest BCUT2D eigenvalue weighted by Gasteiger charge is 2.30. The zero-order chi connectivity index (χ0) is 12.8. The van der Waals surface area contributed by atoms with Gasteiger partial charge in [0.15, 0.2) is 0 Å². The van der Waals surface area contributed by atoms with Gasteiger partial charge < -0.3 is 9.64 Å². The first-order valence-corrected chi connectivity index (χ1v) is 7.67. The van der Waals surface area contributed by atoms with Gasteiger partial charge in [-0.3, -0.25) is 4.79 Å². The highest BCUT2D eigenvalue weighted by Crippen LogP contribution is 2.27. The maximum atomic E-state index is 12.5. The molecule has 0 bridgehead atoms. The maximum absolute atomic E-state index is 12.5. The van der Waals surface area contributed by atoms with Gasteiger partial charge in [-0.15, -0.1) is 0 Å². The molecule has 1 saturated heterocycles. The summed E-state index contributed by atoms with van der Waals surface area (Å²) in [5.74, 6) is 1.31. The van der Waals surface area contributed by atoms with Crippen LogP contribution >= 0.6 is 0 Å². The molecule has 0 N–H and O–H groups in total. The van der Waals surface area contributed by atoms with E-state index in [0.29, 0.717) is 17.7 Å². The average Bonchev–Trinajstić information content (AvgIpc) is 2.69. The van der Waals surface area contributed by atoms with Gasteiger partial charge in [-0.25, -0.2) is 0 Å². The van der Waals surface area contributed by atoms with Crippen LogP contribution in [-0.2, 0) is 9.53 Å². The molecule has 1 aliphatic carbocycles. The van der Waals surface area contributed by atoms with Gasteiger partial charge >= 0.3 is 0 Å². The van der Waals surface area contributed by atoms with Crippen LogP contribution in [0.15, 0.2) is 0 Å². The lowest BCUT2D eigenvalue weighted by molar-refractivity contribution is -0.135. The van der Waals surface area contributed by atoms with Gasteiger partial charge in [0.2, 0.25) is 5.91 Å². The summed E-state index contributed by atoms with van der Waals surface area (Å²) in [6, 6.07) is 0. The summed E-state index contributed by atoms with van der Waals surface area (Å²) in [5.41, 5.74) is 0. The first-order chi connectivity index (χ1) is 8.81. The molecule has 104 valence electrons. The van der Waals surface area contributed by atoms with E-state index < -0.39 is 0 Å². The quantitative estimate of drug-likeness (QED) is 0.721. The van der Waals surface area contributed by atoms with Crippen molar-refractivity contribution in [3.63, 3.8) is 0 Å². The summed E-state index contributed by atoms with van der Waals surface area (Å²) >= 11 is 0. The van der Waals surface area contributed by atoms with Crippen molar-refractivity contribution in [3.05, 3.63) is 0 Å². The molecule has 1 atom stereocenters. The lowest BCUT2D eigenvalue weighted by Gasteiger charge is -2.22. The molecule has 3 nitrogen and oxygen atoms in total. The van der Waals surface area contributed by atoms with Crippen LogP contribution in [0.3, 0.4) is 0 Å². The number of rotatable bonds is 4. The smallest absolute Gasteiger partial charge is 0.225 e. The Morgan fingerprint density at radius 2 is 1.89 bits per heavy atom. The normalized spacial score (nSPS) is 26.3. The number of ether oxygens (including phenoxy) is 1. The van der Waals surface area contributed by atoms with Crippen LogP contribution in [0.5, 0.6) is 0 Å². The summed E-state index contributed by atoms with van der Waals surface area (Å²) in [7, 11) is 0. The van der Waals surface area contributed by atoms with Crippen molar-refractivity contribution >= 4 is 5.91 Å². The maximum Gasteiger partial charge on any atom is 0.225 e. The highest BCUT2D eigenvalue weighted by molar-refractivity contribution is 5.79. The largest absolute Gasteiger partial charge is 0.381 e. The number of hydrogen-bond acceptors (Lipinski definition) is 2. The first kappa shape index (κ1) is 13.9. The minimum absolute atomic E-state index is 0.318. The molecule has 1 aliphatic heterocycles. The molecule has 0 aromatic carbocycles. The van der Waals surface area contributed by atoms with Crippen molar-refractivity contribution < 1.29 is 9.53 Å². The molecule has 0 aromatic heterocycles. The van der Waals surface area contributed by atoms with E-state index in [-0.39, 0.29) is 0 Å². The predicted molar refractivity (Wildman–Crippen MR) is 72.4 cm³/mol. The molecule has 0 unspecified atom stereocenters. The second kappa shape index (κ2) is 7.13. The van der Waals surface area contributed by atoms with Gasteiger partial charge in [-0.2, -0.15) is 0 Å². The molecule has 18 heavy (non-hydrogen) atoms. The minimum Gasteiger partial charge on any atom is -0.381 e. The molecule has 2 fully saturated rings. The Bertz CT molecular complexity index is 259. The summed E-state index contributed by atoms with van der Waals surface area (Å²) in [5, 5.41) is 0. The van der Waals surface area contributed by atoms with Crippen LogP contribution < -0.4 is 0 Å². The molecule has 0 spiro atoms. The van der Waals surface area contributed by atoms with Crippen LogP contribution in [0, 0.1) is 11.8 Å². The number of nitrogens with zero attached hydrogens (tertiary/aromatic N) is 1. The first-order valence-electron chi connectivity index (χ1n) is 7.67. The predicted octanol–water partition coefficient (Wildman–Crippen LogP) is 2.84. The van der Waals surface area contributed by atoms with E-state index in [4.69, 9.17) is 4.74 Å². The SMILES string of the molecule is CCOC[C@H]1CCN(C(=O)C2CCCCCC2)C1. The molecule has 1 saturated carbocycles. The highest BCUT2D eigenvalue weighted by atomic mass is 16.5. The second-order valence-corrected chi connectivity index (χ2v) is 5.79. The average molecular weight is 253 g/mol.